The largest absolute Gasteiger partial charge is 0.310 e. The van der Waals surface area contributed by atoms with E-state index in [1.165, 1.54) is 35.0 Å². The molecule has 1 saturated carbocycles. The summed E-state index contributed by atoms with van der Waals surface area (Å²) in [4.78, 5) is 0. The minimum absolute atomic E-state index is 0.549. The molecular weight excluding hydrogens is 318 g/mol. The smallest absolute Gasteiger partial charge is 0.0701 e. The van der Waals surface area contributed by atoms with E-state index in [1.54, 1.807) is 0 Å². The van der Waals surface area contributed by atoms with Gasteiger partial charge >= 0.3 is 0 Å². The molecule has 1 aliphatic carbocycles. The average molecular weight is 344 g/mol. The molecule has 0 spiro atoms. The maximum Gasteiger partial charge on any atom is 0.0701 e. The van der Waals surface area contributed by atoms with Crippen LogP contribution in [0.25, 0.3) is 0 Å². The first-order valence-corrected chi connectivity index (χ1v) is 9.24. The summed E-state index contributed by atoms with van der Waals surface area (Å²) in [5.41, 5.74) is 1.48. The first kappa shape index (κ1) is 15.5. The molecule has 0 aliphatic heterocycles. The molecule has 1 aromatic rings. The van der Waals surface area contributed by atoms with Gasteiger partial charge in [-0.3, -0.25) is 0 Å². The molecule has 1 aliphatic rings. The molecule has 0 bridgehead atoms. The van der Waals surface area contributed by atoms with Gasteiger partial charge in [0, 0.05) is 6.04 Å². The predicted octanol–water partition coefficient (Wildman–Crippen LogP) is 5.62. The van der Waals surface area contributed by atoms with E-state index in [0.717, 1.165) is 24.3 Å². The fourth-order valence-corrected chi connectivity index (χ4v) is 4.84. The molecule has 1 nitrogen and oxygen atoms in total. The molecule has 0 radical (unpaired) electrons. The van der Waals surface area contributed by atoms with E-state index >= 15 is 0 Å². The molecule has 1 heterocycles. The van der Waals surface area contributed by atoms with Gasteiger partial charge in [0.05, 0.1) is 3.79 Å². The molecule has 0 amide bonds. The van der Waals surface area contributed by atoms with Crippen LogP contribution in [0.3, 0.4) is 0 Å². The Hall–Kier alpha value is 0.140. The summed E-state index contributed by atoms with van der Waals surface area (Å²) in [5.74, 6) is 2.55. The highest BCUT2D eigenvalue weighted by Crippen LogP contribution is 2.41. The lowest BCUT2D eigenvalue weighted by molar-refractivity contribution is 0.177. The fourth-order valence-electron chi connectivity index (χ4n) is 3.62. The Balaban J connectivity index is 2.12. The number of hydrogen-bond donors (Lipinski definition) is 1. The van der Waals surface area contributed by atoms with Crippen molar-refractivity contribution in [3.63, 3.8) is 0 Å². The topological polar surface area (TPSA) is 12.0 Å². The Labute approximate surface area is 130 Å². The quantitative estimate of drug-likeness (QED) is 0.731. The lowest BCUT2D eigenvalue weighted by atomic mass is 9.72. The summed E-state index contributed by atoms with van der Waals surface area (Å²) >= 11 is 5.42. The second-order valence-electron chi connectivity index (χ2n) is 6.29. The minimum atomic E-state index is 0.549. The molecule has 0 saturated heterocycles. The third-order valence-electron chi connectivity index (χ3n) is 4.25. The number of thiophene rings is 1. The summed E-state index contributed by atoms with van der Waals surface area (Å²) < 4.78 is 1.25. The van der Waals surface area contributed by atoms with Gasteiger partial charge in [-0.25, -0.2) is 0 Å². The Morgan fingerprint density at radius 2 is 2.00 bits per heavy atom. The van der Waals surface area contributed by atoms with E-state index in [9.17, 15) is 0 Å². The van der Waals surface area contributed by atoms with E-state index in [0.29, 0.717) is 6.04 Å². The fraction of sp³-hybridized carbons (Fsp3) is 0.750. The zero-order valence-electron chi connectivity index (χ0n) is 12.3. The van der Waals surface area contributed by atoms with Gasteiger partial charge < -0.3 is 5.32 Å². The molecule has 3 heteroatoms. The van der Waals surface area contributed by atoms with Crippen LogP contribution in [0, 0.1) is 17.8 Å². The standard InChI is InChI=1S/C16H26BrNS/c1-4-5-18-16(14-9-15(17)19-10-14)13-7-11(2)6-12(3)8-13/h9-13,16,18H,4-8H2,1-3H3. The third-order valence-corrected chi connectivity index (χ3v) is 5.77. The summed E-state index contributed by atoms with van der Waals surface area (Å²) in [5, 5.41) is 6.12. The summed E-state index contributed by atoms with van der Waals surface area (Å²) in [6.07, 6.45) is 5.36. The van der Waals surface area contributed by atoms with E-state index in [-0.39, 0.29) is 0 Å². The summed E-state index contributed by atoms with van der Waals surface area (Å²) in [7, 11) is 0. The first-order chi connectivity index (χ1) is 9.10. The molecule has 3 atom stereocenters. The highest BCUT2D eigenvalue weighted by atomic mass is 79.9. The molecular formula is C16H26BrNS. The maximum absolute atomic E-state index is 3.80. The van der Waals surface area contributed by atoms with E-state index in [2.05, 4.69) is 53.5 Å². The van der Waals surface area contributed by atoms with Crippen molar-refractivity contribution in [1.29, 1.82) is 0 Å². The second kappa shape index (κ2) is 7.24. The lowest BCUT2D eigenvalue weighted by Crippen LogP contribution is -2.33. The zero-order chi connectivity index (χ0) is 13.8. The third kappa shape index (κ3) is 4.30. The van der Waals surface area contributed by atoms with Crippen LogP contribution in [-0.4, -0.2) is 6.54 Å². The van der Waals surface area contributed by atoms with Gasteiger partial charge in [0.25, 0.3) is 0 Å². The van der Waals surface area contributed by atoms with Crippen molar-refractivity contribution in [3.8, 4) is 0 Å². The molecule has 0 aromatic carbocycles. The van der Waals surface area contributed by atoms with Crippen LogP contribution in [0.5, 0.6) is 0 Å². The van der Waals surface area contributed by atoms with Crippen molar-refractivity contribution in [2.24, 2.45) is 17.8 Å². The molecule has 108 valence electrons. The molecule has 2 rings (SSSR count). The van der Waals surface area contributed by atoms with E-state index in [1.807, 2.05) is 11.3 Å². The van der Waals surface area contributed by atoms with Crippen molar-refractivity contribution in [3.05, 3.63) is 20.8 Å². The highest BCUT2D eigenvalue weighted by molar-refractivity contribution is 9.11. The van der Waals surface area contributed by atoms with E-state index in [4.69, 9.17) is 0 Å². The zero-order valence-corrected chi connectivity index (χ0v) is 14.7. The maximum atomic E-state index is 3.80. The number of rotatable bonds is 5. The van der Waals surface area contributed by atoms with Gasteiger partial charge in [0.2, 0.25) is 0 Å². The second-order valence-corrected chi connectivity index (χ2v) is 8.58. The molecule has 1 fully saturated rings. The van der Waals surface area contributed by atoms with Crippen LogP contribution in [-0.2, 0) is 0 Å². The summed E-state index contributed by atoms with van der Waals surface area (Å²) in [6.45, 7) is 8.21. The van der Waals surface area contributed by atoms with Gasteiger partial charge in [-0.05, 0) is 82.9 Å². The van der Waals surface area contributed by atoms with Crippen molar-refractivity contribution in [2.45, 2.75) is 52.5 Å². The molecule has 3 unspecified atom stereocenters. The van der Waals surface area contributed by atoms with Gasteiger partial charge in [-0.2, -0.15) is 0 Å². The number of halogens is 1. The monoisotopic (exact) mass is 343 g/mol. The summed E-state index contributed by atoms with van der Waals surface area (Å²) in [6, 6.07) is 2.86. The minimum Gasteiger partial charge on any atom is -0.310 e. The van der Waals surface area contributed by atoms with Crippen molar-refractivity contribution < 1.29 is 0 Å². The lowest BCUT2D eigenvalue weighted by Gasteiger charge is -2.37. The van der Waals surface area contributed by atoms with Crippen LogP contribution < -0.4 is 5.32 Å². The van der Waals surface area contributed by atoms with Gasteiger partial charge in [-0.15, -0.1) is 11.3 Å². The number of nitrogens with one attached hydrogen (secondary N) is 1. The van der Waals surface area contributed by atoms with Crippen LogP contribution in [0.4, 0.5) is 0 Å². The Morgan fingerprint density at radius 1 is 1.32 bits per heavy atom. The molecule has 19 heavy (non-hydrogen) atoms. The van der Waals surface area contributed by atoms with Gasteiger partial charge in [0.1, 0.15) is 0 Å². The Kier molecular flexibility index (Phi) is 5.91. The van der Waals surface area contributed by atoms with Crippen molar-refractivity contribution in [2.75, 3.05) is 6.54 Å². The normalized spacial score (nSPS) is 29.4. The first-order valence-electron chi connectivity index (χ1n) is 7.57. The highest BCUT2D eigenvalue weighted by Gasteiger charge is 2.30. The predicted molar refractivity (Wildman–Crippen MR) is 88.7 cm³/mol. The average Bonchev–Trinajstić information content (AvgIpc) is 2.75. The van der Waals surface area contributed by atoms with Crippen LogP contribution in [0.2, 0.25) is 0 Å². The Bertz CT molecular complexity index is 380. The van der Waals surface area contributed by atoms with Crippen molar-refractivity contribution >= 4 is 27.3 Å². The van der Waals surface area contributed by atoms with Gasteiger partial charge in [-0.1, -0.05) is 20.8 Å². The number of hydrogen-bond acceptors (Lipinski definition) is 2. The van der Waals surface area contributed by atoms with Crippen LogP contribution >= 0.6 is 27.3 Å². The van der Waals surface area contributed by atoms with Crippen LogP contribution in [0.1, 0.15) is 58.1 Å². The SMILES string of the molecule is CCCNC(c1csc(Br)c1)C1CC(C)CC(C)C1. The van der Waals surface area contributed by atoms with Crippen molar-refractivity contribution in [1.82, 2.24) is 5.32 Å². The van der Waals surface area contributed by atoms with Gasteiger partial charge in [0.15, 0.2) is 0 Å². The van der Waals surface area contributed by atoms with E-state index < -0.39 is 0 Å². The molecule has 1 aromatic heterocycles. The Morgan fingerprint density at radius 3 is 2.53 bits per heavy atom. The molecule has 1 N–H and O–H groups in total. The van der Waals surface area contributed by atoms with Crippen LogP contribution in [0.15, 0.2) is 15.2 Å².